The summed E-state index contributed by atoms with van der Waals surface area (Å²) in [6.07, 6.45) is 6.17. The van der Waals surface area contributed by atoms with Gasteiger partial charge in [-0.2, -0.15) is 0 Å². The first-order chi connectivity index (χ1) is 6.81. The van der Waals surface area contributed by atoms with Gasteiger partial charge in [0.2, 0.25) is 5.91 Å². The smallest absolute Gasteiger partial charge is 0.223 e. The number of alkyl halides is 1. The van der Waals surface area contributed by atoms with Gasteiger partial charge in [-0.3, -0.25) is 4.79 Å². The van der Waals surface area contributed by atoms with Gasteiger partial charge >= 0.3 is 0 Å². The van der Waals surface area contributed by atoms with Crippen molar-refractivity contribution in [2.75, 3.05) is 11.9 Å². The predicted molar refractivity (Wildman–Crippen MR) is 60.4 cm³/mol. The maximum Gasteiger partial charge on any atom is 0.223 e. The Morgan fingerprint density at radius 3 is 2.57 bits per heavy atom. The van der Waals surface area contributed by atoms with E-state index in [0.29, 0.717) is 11.8 Å². The molecule has 0 aromatic carbocycles. The van der Waals surface area contributed by atoms with Gasteiger partial charge in [0, 0.05) is 17.8 Å². The van der Waals surface area contributed by atoms with Crippen LogP contribution in [0, 0.1) is 17.8 Å². The first-order valence-electron chi connectivity index (χ1n) is 5.65. The lowest BCUT2D eigenvalue weighted by atomic mass is 9.98. The third-order valence-electron chi connectivity index (χ3n) is 3.50. The third-order valence-corrected chi connectivity index (χ3v) is 4.33. The SMILES string of the molecule is O=C(NCC1CCCC1CBr)C1CC1. The van der Waals surface area contributed by atoms with Crippen LogP contribution < -0.4 is 5.32 Å². The first kappa shape index (κ1) is 10.5. The van der Waals surface area contributed by atoms with Crippen LogP contribution in [0.3, 0.4) is 0 Å². The molecule has 0 aromatic rings. The monoisotopic (exact) mass is 259 g/mol. The highest BCUT2D eigenvalue weighted by Crippen LogP contribution is 2.33. The summed E-state index contributed by atoms with van der Waals surface area (Å²) in [4.78, 5) is 11.4. The lowest BCUT2D eigenvalue weighted by Crippen LogP contribution is -2.32. The Labute approximate surface area is 94.0 Å². The van der Waals surface area contributed by atoms with Crippen molar-refractivity contribution in [2.45, 2.75) is 32.1 Å². The molecule has 2 saturated carbocycles. The maximum atomic E-state index is 11.4. The van der Waals surface area contributed by atoms with Crippen molar-refractivity contribution >= 4 is 21.8 Å². The molecule has 2 aliphatic carbocycles. The molecule has 3 heteroatoms. The summed E-state index contributed by atoms with van der Waals surface area (Å²) >= 11 is 3.55. The van der Waals surface area contributed by atoms with Gasteiger partial charge in [0.1, 0.15) is 0 Å². The van der Waals surface area contributed by atoms with E-state index in [1.165, 1.54) is 19.3 Å². The van der Waals surface area contributed by atoms with Crippen LogP contribution >= 0.6 is 15.9 Å². The molecule has 2 atom stereocenters. The van der Waals surface area contributed by atoms with Gasteiger partial charge in [-0.1, -0.05) is 22.4 Å². The number of hydrogen-bond donors (Lipinski definition) is 1. The van der Waals surface area contributed by atoms with Gasteiger partial charge in [0.05, 0.1) is 0 Å². The standard InChI is InChI=1S/C11H18BrNO/c12-6-9-2-1-3-10(9)7-13-11(14)8-4-5-8/h8-10H,1-7H2,(H,13,14). The summed E-state index contributed by atoms with van der Waals surface area (Å²) in [7, 11) is 0. The molecule has 1 amide bonds. The first-order valence-corrected chi connectivity index (χ1v) is 6.77. The van der Waals surface area contributed by atoms with Gasteiger partial charge in [-0.15, -0.1) is 0 Å². The van der Waals surface area contributed by atoms with Crippen LogP contribution in [-0.2, 0) is 4.79 Å². The third kappa shape index (κ3) is 2.50. The van der Waals surface area contributed by atoms with E-state index in [9.17, 15) is 4.79 Å². The minimum Gasteiger partial charge on any atom is -0.356 e. The molecule has 2 unspecified atom stereocenters. The van der Waals surface area contributed by atoms with Gasteiger partial charge in [-0.25, -0.2) is 0 Å². The topological polar surface area (TPSA) is 29.1 Å². The van der Waals surface area contributed by atoms with Crippen LogP contribution in [0.1, 0.15) is 32.1 Å². The van der Waals surface area contributed by atoms with Crippen LogP contribution in [0.15, 0.2) is 0 Å². The molecule has 1 N–H and O–H groups in total. The van der Waals surface area contributed by atoms with Gasteiger partial charge in [0.25, 0.3) is 0 Å². The van der Waals surface area contributed by atoms with Crippen molar-refractivity contribution in [3.63, 3.8) is 0 Å². The second kappa shape index (κ2) is 4.65. The zero-order chi connectivity index (χ0) is 9.97. The van der Waals surface area contributed by atoms with Crippen molar-refractivity contribution < 1.29 is 4.79 Å². The van der Waals surface area contributed by atoms with Crippen molar-refractivity contribution in [1.29, 1.82) is 0 Å². The highest BCUT2D eigenvalue weighted by Gasteiger charge is 2.31. The number of rotatable bonds is 4. The highest BCUT2D eigenvalue weighted by molar-refractivity contribution is 9.09. The van der Waals surface area contributed by atoms with E-state index in [2.05, 4.69) is 21.2 Å². The molecule has 2 nitrogen and oxygen atoms in total. The summed E-state index contributed by atoms with van der Waals surface area (Å²) in [5.41, 5.74) is 0. The Morgan fingerprint density at radius 2 is 1.93 bits per heavy atom. The molecule has 2 fully saturated rings. The van der Waals surface area contributed by atoms with Gasteiger partial charge in [-0.05, 0) is 37.5 Å². The summed E-state index contributed by atoms with van der Waals surface area (Å²) in [6.45, 7) is 0.908. The minimum atomic E-state index is 0.297. The van der Waals surface area contributed by atoms with Gasteiger partial charge in [0.15, 0.2) is 0 Å². The summed E-state index contributed by atoms with van der Waals surface area (Å²) in [6, 6.07) is 0. The lowest BCUT2D eigenvalue weighted by molar-refractivity contribution is -0.122. The average Bonchev–Trinajstić information content (AvgIpc) is 2.94. The largest absolute Gasteiger partial charge is 0.356 e. The fourth-order valence-electron chi connectivity index (χ4n) is 2.31. The van der Waals surface area contributed by atoms with Crippen LogP contribution in [-0.4, -0.2) is 17.8 Å². The van der Waals surface area contributed by atoms with Crippen molar-refractivity contribution in [3.05, 3.63) is 0 Å². The zero-order valence-electron chi connectivity index (χ0n) is 8.47. The minimum absolute atomic E-state index is 0.297. The lowest BCUT2D eigenvalue weighted by Gasteiger charge is -2.17. The van der Waals surface area contributed by atoms with Crippen molar-refractivity contribution in [2.24, 2.45) is 17.8 Å². The Bertz CT molecular complexity index is 215. The summed E-state index contributed by atoms with van der Waals surface area (Å²) in [5.74, 6) is 2.16. The molecule has 2 rings (SSSR count). The Morgan fingerprint density at radius 1 is 1.21 bits per heavy atom. The van der Waals surface area contributed by atoms with Crippen molar-refractivity contribution in [1.82, 2.24) is 5.32 Å². The van der Waals surface area contributed by atoms with E-state index in [-0.39, 0.29) is 0 Å². The Kier molecular flexibility index (Phi) is 3.47. The van der Waals surface area contributed by atoms with Gasteiger partial charge < -0.3 is 5.32 Å². The van der Waals surface area contributed by atoms with E-state index in [0.717, 1.165) is 36.6 Å². The zero-order valence-corrected chi connectivity index (χ0v) is 10.1. The number of hydrogen-bond acceptors (Lipinski definition) is 1. The molecule has 0 aliphatic heterocycles. The molecular weight excluding hydrogens is 242 g/mol. The molecule has 80 valence electrons. The maximum absolute atomic E-state index is 11.4. The fourth-order valence-corrected chi connectivity index (χ4v) is 3.16. The normalized spacial score (nSPS) is 31.8. The number of nitrogens with one attached hydrogen (secondary N) is 1. The molecule has 0 heterocycles. The van der Waals surface area contributed by atoms with Crippen LogP contribution in [0.25, 0.3) is 0 Å². The number of carbonyl (C=O) groups excluding carboxylic acids is 1. The second-order valence-electron chi connectivity index (χ2n) is 4.62. The van der Waals surface area contributed by atoms with Crippen LogP contribution in [0.2, 0.25) is 0 Å². The molecule has 0 aromatic heterocycles. The molecular formula is C11H18BrNO. The number of amides is 1. The fraction of sp³-hybridized carbons (Fsp3) is 0.909. The average molecular weight is 260 g/mol. The van der Waals surface area contributed by atoms with Crippen LogP contribution in [0.4, 0.5) is 0 Å². The second-order valence-corrected chi connectivity index (χ2v) is 5.27. The molecule has 14 heavy (non-hydrogen) atoms. The Hall–Kier alpha value is -0.0500. The number of halogens is 1. The summed E-state index contributed by atoms with van der Waals surface area (Å²) in [5, 5.41) is 4.19. The van der Waals surface area contributed by atoms with E-state index in [1.807, 2.05) is 0 Å². The van der Waals surface area contributed by atoms with E-state index < -0.39 is 0 Å². The van der Waals surface area contributed by atoms with Crippen molar-refractivity contribution in [3.8, 4) is 0 Å². The van der Waals surface area contributed by atoms with Crippen LogP contribution in [0.5, 0.6) is 0 Å². The molecule has 0 radical (unpaired) electrons. The van der Waals surface area contributed by atoms with E-state index >= 15 is 0 Å². The quantitative estimate of drug-likeness (QED) is 0.772. The molecule has 2 aliphatic rings. The predicted octanol–water partition coefficient (Wildman–Crippen LogP) is 2.32. The Balaban J connectivity index is 1.70. The highest BCUT2D eigenvalue weighted by atomic mass is 79.9. The molecule has 0 bridgehead atoms. The summed E-state index contributed by atoms with van der Waals surface area (Å²) < 4.78 is 0. The van der Waals surface area contributed by atoms with E-state index in [4.69, 9.17) is 0 Å². The molecule has 0 spiro atoms. The number of carbonyl (C=O) groups is 1. The molecule has 0 saturated heterocycles. The van der Waals surface area contributed by atoms with E-state index in [1.54, 1.807) is 0 Å².